The van der Waals surface area contributed by atoms with Crippen LogP contribution < -0.4 is 4.90 Å². The van der Waals surface area contributed by atoms with E-state index in [-0.39, 0.29) is 5.88 Å². The molecule has 1 aromatic heterocycles. The first-order chi connectivity index (χ1) is 8.93. The molecule has 0 aliphatic carbocycles. The monoisotopic (exact) mass is 340 g/mol. The molecule has 1 fully saturated rings. The number of aromatic nitrogens is 1. The van der Waals surface area contributed by atoms with E-state index in [0.717, 1.165) is 5.75 Å². The molecule has 2 heterocycles. The van der Waals surface area contributed by atoms with Crippen LogP contribution in [0.1, 0.15) is 5.69 Å². The van der Waals surface area contributed by atoms with Gasteiger partial charge in [0, 0.05) is 24.3 Å². The summed E-state index contributed by atoms with van der Waals surface area (Å²) in [4.78, 5) is 6.18. The molecular weight excluding hydrogens is 327 g/mol. The van der Waals surface area contributed by atoms with Crippen molar-refractivity contribution in [3.05, 3.63) is 22.8 Å². The SMILES string of the molecule is CS(=O)(=O)C1CSCCN1c1ccc(Cl)c(CCl)n1. The zero-order chi connectivity index (χ0) is 14.0. The third-order valence-corrected chi connectivity index (χ3v) is 6.14. The summed E-state index contributed by atoms with van der Waals surface area (Å²) in [6, 6.07) is 3.45. The van der Waals surface area contributed by atoms with E-state index in [1.807, 2.05) is 4.90 Å². The Bertz CT molecular complexity index is 566. The lowest BCUT2D eigenvalue weighted by Crippen LogP contribution is -2.47. The largest absolute Gasteiger partial charge is 0.338 e. The molecule has 1 atom stereocenters. The minimum absolute atomic E-state index is 0.207. The van der Waals surface area contributed by atoms with Crippen LogP contribution in [0.2, 0.25) is 5.02 Å². The molecule has 0 amide bonds. The molecule has 1 aliphatic rings. The minimum atomic E-state index is -3.15. The summed E-state index contributed by atoms with van der Waals surface area (Å²) >= 11 is 13.4. The van der Waals surface area contributed by atoms with Crippen LogP contribution in [0.15, 0.2) is 12.1 Å². The summed E-state index contributed by atoms with van der Waals surface area (Å²) in [7, 11) is -3.15. The smallest absolute Gasteiger partial charge is 0.169 e. The van der Waals surface area contributed by atoms with Crippen LogP contribution in [0, 0.1) is 0 Å². The molecule has 0 aromatic carbocycles. The fourth-order valence-corrected chi connectivity index (χ4v) is 5.20. The van der Waals surface area contributed by atoms with Crippen LogP contribution in [-0.2, 0) is 15.7 Å². The van der Waals surface area contributed by atoms with E-state index in [1.165, 1.54) is 6.26 Å². The molecule has 4 nitrogen and oxygen atoms in total. The van der Waals surface area contributed by atoms with Gasteiger partial charge in [0.1, 0.15) is 11.2 Å². The summed E-state index contributed by atoms with van der Waals surface area (Å²) in [5, 5.41) is -0.0378. The molecule has 8 heteroatoms. The van der Waals surface area contributed by atoms with Crippen LogP contribution >= 0.6 is 35.0 Å². The fourth-order valence-electron chi connectivity index (χ4n) is 1.92. The number of thioether (sulfide) groups is 1. The first-order valence-electron chi connectivity index (χ1n) is 5.68. The first kappa shape index (κ1) is 15.2. The first-order valence-corrected chi connectivity index (χ1v) is 9.70. The lowest BCUT2D eigenvalue weighted by atomic mass is 10.3. The van der Waals surface area contributed by atoms with Crippen LogP contribution in [-0.4, -0.2) is 43.1 Å². The normalized spacial score (nSPS) is 20.6. The Labute approximate surface area is 127 Å². The van der Waals surface area contributed by atoms with Crippen molar-refractivity contribution in [1.82, 2.24) is 4.98 Å². The predicted molar refractivity (Wildman–Crippen MR) is 82.1 cm³/mol. The average molecular weight is 341 g/mol. The van der Waals surface area contributed by atoms with E-state index >= 15 is 0 Å². The highest BCUT2D eigenvalue weighted by atomic mass is 35.5. The van der Waals surface area contributed by atoms with Gasteiger partial charge in [-0.3, -0.25) is 0 Å². The maximum atomic E-state index is 11.9. The Balaban J connectivity index is 2.38. The quantitative estimate of drug-likeness (QED) is 0.790. The summed E-state index contributed by atoms with van der Waals surface area (Å²) in [5.74, 6) is 2.26. The van der Waals surface area contributed by atoms with Crippen molar-refractivity contribution in [1.29, 1.82) is 0 Å². The molecule has 0 spiro atoms. The van der Waals surface area contributed by atoms with Crippen molar-refractivity contribution in [2.24, 2.45) is 0 Å². The van der Waals surface area contributed by atoms with Crippen molar-refractivity contribution >= 4 is 50.6 Å². The molecule has 0 radical (unpaired) electrons. The molecule has 0 N–H and O–H groups in total. The van der Waals surface area contributed by atoms with Crippen LogP contribution in [0.3, 0.4) is 0 Å². The Morgan fingerprint density at radius 2 is 2.26 bits per heavy atom. The number of pyridine rings is 1. The lowest BCUT2D eigenvalue weighted by Gasteiger charge is -2.35. The highest BCUT2D eigenvalue weighted by Gasteiger charge is 2.32. The van der Waals surface area contributed by atoms with Crippen molar-refractivity contribution < 1.29 is 8.42 Å². The van der Waals surface area contributed by atoms with Gasteiger partial charge < -0.3 is 4.90 Å². The summed E-state index contributed by atoms with van der Waals surface area (Å²) in [6.07, 6.45) is 1.26. The third-order valence-electron chi connectivity index (χ3n) is 2.90. The Morgan fingerprint density at radius 3 is 2.89 bits per heavy atom. The number of sulfone groups is 1. The van der Waals surface area contributed by atoms with E-state index < -0.39 is 15.2 Å². The van der Waals surface area contributed by atoms with Crippen LogP contribution in [0.4, 0.5) is 5.82 Å². The molecular formula is C11H14Cl2N2O2S2. The molecule has 0 saturated carbocycles. The van der Waals surface area contributed by atoms with Gasteiger partial charge in [-0.25, -0.2) is 13.4 Å². The maximum Gasteiger partial charge on any atom is 0.169 e. The van der Waals surface area contributed by atoms with Crippen molar-refractivity contribution in [3.63, 3.8) is 0 Å². The molecule has 1 aromatic rings. The second-order valence-corrected chi connectivity index (χ2v) is 8.31. The van der Waals surface area contributed by atoms with Gasteiger partial charge in [-0.15, -0.1) is 11.6 Å². The zero-order valence-electron chi connectivity index (χ0n) is 10.3. The maximum absolute atomic E-state index is 11.9. The van der Waals surface area contributed by atoms with Crippen LogP contribution in [0.25, 0.3) is 0 Å². The van der Waals surface area contributed by atoms with Gasteiger partial charge in [0.05, 0.1) is 16.6 Å². The number of nitrogens with zero attached hydrogens (tertiary/aromatic N) is 2. The Kier molecular flexibility index (Phi) is 4.87. The Hall–Kier alpha value is -0.170. The predicted octanol–water partition coefficient (Wildman–Crippen LogP) is 2.40. The second-order valence-electron chi connectivity index (χ2n) is 4.28. The Morgan fingerprint density at radius 1 is 1.53 bits per heavy atom. The number of rotatable bonds is 3. The summed E-state index contributed by atoms with van der Waals surface area (Å²) in [6.45, 7) is 0.652. The van der Waals surface area contributed by atoms with Gasteiger partial charge in [-0.2, -0.15) is 11.8 Å². The van der Waals surface area contributed by atoms with Crippen molar-refractivity contribution in [2.45, 2.75) is 11.3 Å². The van der Waals surface area contributed by atoms with Gasteiger partial charge in [-0.1, -0.05) is 11.6 Å². The van der Waals surface area contributed by atoms with E-state index in [2.05, 4.69) is 4.98 Å². The molecule has 2 rings (SSSR count). The van der Waals surface area contributed by atoms with Gasteiger partial charge >= 0.3 is 0 Å². The third kappa shape index (κ3) is 3.48. The number of alkyl halides is 1. The minimum Gasteiger partial charge on any atom is -0.338 e. The number of anilines is 1. The lowest BCUT2D eigenvalue weighted by molar-refractivity contribution is 0.583. The van der Waals surface area contributed by atoms with Gasteiger partial charge in [0.2, 0.25) is 0 Å². The zero-order valence-corrected chi connectivity index (χ0v) is 13.5. The fraction of sp³-hybridized carbons (Fsp3) is 0.545. The topological polar surface area (TPSA) is 50.3 Å². The van der Waals surface area contributed by atoms with Gasteiger partial charge in [-0.05, 0) is 12.1 Å². The van der Waals surface area contributed by atoms with E-state index in [9.17, 15) is 8.42 Å². The standard InChI is InChI=1S/C11H14Cl2N2O2S2/c1-19(16,17)11-7-18-5-4-15(11)10-3-2-8(13)9(6-12)14-10/h2-3,11H,4-7H2,1H3. The van der Waals surface area contributed by atoms with Crippen molar-refractivity contribution in [2.75, 3.05) is 29.2 Å². The van der Waals surface area contributed by atoms with E-state index in [4.69, 9.17) is 23.2 Å². The molecule has 19 heavy (non-hydrogen) atoms. The molecule has 1 unspecified atom stereocenters. The summed E-state index contributed by atoms with van der Waals surface area (Å²) in [5.41, 5.74) is 0.575. The van der Waals surface area contributed by atoms with Gasteiger partial charge in [0.15, 0.2) is 9.84 Å². The van der Waals surface area contributed by atoms with E-state index in [0.29, 0.717) is 28.8 Å². The molecule has 1 saturated heterocycles. The highest BCUT2D eigenvalue weighted by molar-refractivity contribution is 8.01. The van der Waals surface area contributed by atoms with Gasteiger partial charge in [0.25, 0.3) is 0 Å². The van der Waals surface area contributed by atoms with E-state index in [1.54, 1.807) is 23.9 Å². The van der Waals surface area contributed by atoms with Crippen molar-refractivity contribution in [3.8, 4) is 0 Å². The molecule has 0 bridgehead atoms. The van der Waals surface area contributed by atoms with Crippen LogP contribution in [0.5, 0.6) is 0 Å². The highest BCUT2D eigenvalue weighted by Crippen LogP contribution is 2.27. The number of hydrogen-bond donors (Lipinski definition) is 0. The molecule has 1 aliphatic heterocycles. The summed E-state index contributed by atoms with van der Waals surface area (Å²) < 4.78 is 23.7. The second kappa shape index (κ2) is 6.08. The molecule has 106 valence electrons. The number of halogens is 2. The average Bonchev–Trinajstić information content (AvgIpc) is 2.38. The number of hydrogen-bond acceptors (Lipinski definition) is 5.